The maximum Gasteiger partial charge on any atom is 0.417 e. The van der Waals surface area contributed by atoms with Gasteiger partial charge in [-0.25, -0.2) is 13.8 Å². The van der Waals surface area contributed by atoms with Crippen LogP contribution in [-0.4, -0.2) is 26.4 Å². The number of halogens is 5. The lowest BCUT2D eigenvalue weighted by Gasteiger charge is -2.12. The van der Waals surface area contributed by atoms with Gasteiger partial charge in [0.15, 0.2) is 9.84 Å². The third-order valence-electron chi connectivity index (χ3n) is 5.67. The molecule has 0 fully saturated rings. The van der Waals surface area contributed by atoms with E-state index >= 15 is 0 Å². The summed E-state index contributed by atoms with van der Waals surface area (Å²) in [7, 11) is -3.59. The van der Waals surface area contributed by atoms with Crippen molar-refractivity contribution in [2.45, 2.75) is 17.7 Å². The summed E-state index contributed by atoms with van der Waals surface area (Å²) < 4.78 is 69.5. The number of sulfone groups is 1. The number of hydrogen-bond acceptors (Lipinski definition) is 6. The maximum absolute atomic E-state index is 13.1. The minimum absolute atomic E-state index is 0.0256. The van der Waals surface area contributed by atoms with Gasteiger partial charge in [-0.1, -0.05) is 41.4 Å². The second-order valence-electron chi connectivity index (χ2n) is 8.89. The zero-order valence-corrected chi connectivity index (χ0v) is 23.6. The molecule has 0 aliphatic carbocycles. The normalized spacial score (nSPS) is 11.9. The van der Waals surface area contributed by atoms with Gasteiger partial charge in [-0.05, 0) is 65.7 Å². The summed E-state index contributed by atoms with van der Waals surface area (Å²) in [4.78, 5) is 25.9. The van der Waals surface area contributed by atoms with Crippen LogP contribution in [0.1, 0.15) is 43.2 Å². The van der Waals surface area contributed by atoms with E-state index in [1.54, 1.807) is 18.2 Å². The molecule has 42 heavy (non-hydrogen) atoms. The van der Waals surface area contributed by atoms with Gasteiger partial charge in [0.25, 0.3) is 11.8 Å². The molecule has 0 aliphatic heterocycles. The van der Waals surface area contributed by atoms with Crippen LogP contribution in [0.2, 0.25) is 10.0 Å². The fourth-order valence-corrected chi connectivity index (χ4v) is 5.58. The molecule has 0 radical (unpaired) electrons. The molecule has 3 aromatic carbocycles. The first-order valence-electron chi connectivity index (χ1n) is 11.9. The molecular weight excluding hydrogens is 618 g/mol. The van der Waals surface area contributed by atoms with Crippen LogP contribution in [0.4, 0.5) is 18.9 Å². The highest BCUT2D eigenvalue weighted by Crippen LogP contribution is 2.34. The number of alkyl halides is 3. The number of rotatable bonds is 9. The van der Waals surface area contributed by atoms with Crippen molar-refractivity contribution in [3.63, 3.8) is 0 Å². The molecule has 0 saturated heterocycles. The summed E-state index contributed by atoms with van der Waals surface area (Å²) in [6.45, 7) is 0. The van der Waals surface area contributed by atoms with Gasteiger partial charge in [-0.2, -0.15) is 18.3 Å². The molecule has 0 unspecified atom stereocenters. The number of carbonyl (C=O) groups is 2. The van der Waals surface area contributed by atoms with Crippen molar-refractivity contribution in [3.8, 4) is 0 Å². The monoisotopic (exact) mass is 637 g/mol. The SMILES string of the molecule is O=C(Nc1ccc(Cl)cc1C(=O)NN=Cc1ccc(Cl)c(C(F)(F)F)c1)c1cccc(CS(=O)(=O)Cc2ccco2)c1. The summed E-state index contributed by atoms with van der Waals surface area (Å²) in [6.07, 6.45) is -2.30. The van der Waals surface area contributed by atoms with E-state index in [-0.39, 0.29) is 38.9 Å². The third-order valence-corrected chi connectivity index (χ3v) is 7.73. The van der Waals surface area contributed by atoms with Gasteiger partial charge in [0, 0.05) is 10.6 Å². The second kappa shape index (κ2) is 12.8. The molecule has 4 aromatic rings. The van der Waals surface area contributed by atoms with E-state index in [0.29, 0.717) is 11.3 Å². The summed E-state index contributed by atoms with van der Waals surface area (Å²) in [5, 5.41) is 5.96. The molecule has 2 amide bonds. The van der Waals surface area contributed by atoms with E-state index in [9.17, 15) is 31.2 Å². The molecule has 8 nitrogen and oxygen atoms in total. The number of hydrogen-bond donors (Lipinski definition) is 2. The number of furan rings is 1. The van der Waals surface area contributed by atoms with Crippen molar-refractivity contribution in [2.24, 2.45) is 5.10 Å². The van der Waals surface area contributed by atoms with E-state index in [1.165, 1.54) is 48.7 Å². The number of nitrogens with zero attached hydrogens (tertiary/aromatic N) is 1. The van der Waals surface area contributed by atoms with Crippen molar-refractivity contribution in [2.75, 3.05) is 5.32 Å². The van der Waals surface area contributed by atoms with E-state index in [1.807, 2.05) is 0 Å². The standard InChI is InChI=1S/C28H20Cl2F3N3O5S/c29-20-7-9-25(22(13-20)27(38)36-34-14-17-6-8-24(30)23(12-17)28(31,32)33)35-26(37)19-4-1-3-18(11-19)15-42(39,40)16-21-5-2-10-41-21/h1-14H,15-16H2,(H,35,37)(H,36,38). The average Bonchev–Trinajstić information content (AvgIpc) is 3.42. The quantitative estimate of drug-likeness (QED) is 0.156. The molecule has 1 aromatic heterocycles. The van der Waals surface area contributed by atoms with Crippen molar-refractivity contribution < 1.29 is 35.6 Å². The van der Waals surface area contributed by atoms with E-state index in [4.69, 9.17) is 27.6 Å². The molecular formula is C28H20Cl2F3N3O5S. The maximum atomic E-state index is 13.1. The van der Waals surface area contributed by atoms with Crippen molar-refractivity contribution in [3.05, 3.63) is 123 Å². The Morgan fingerprint density at radius 2 is 1.71 bits per heavy atom. The minimum Gasteiger partial charge on any atom is -0.468 e. The number of amides is 2. The minimum atomic E-state index is -4.67. The van der Waals surface area contributed by atoms with Crippen molar-refractivity contribution in [1.82, 2.24) is 5.43 Å². The second-order valence-corrected chi connectivity index (χ2v) is 11.8. The van der Waals surface area contributed by atoms with Crippen molar-refractivity contribution >= 4 is 56.8 Å². The van der Waals surface area contributed by atoms with Gasteiger partial charge in [-0.3, -0.25) is 9.59 Å². The lowest BCUT2D eigenvalue weighted by atomic mass is 10.1. The van der Waals surface area contributed by atoms with Crippen LogP contribution < -0.4 is 10.7 Å². The Morgan fingerprint density at radius 3 is 2.43 bits per heavy atom. The van der Waals surface area contributed by atoms with Gasteiger partial charge in [0.05, 0.1) is 40.1 Å². The smallest absolute Gasteiger partial charge is 0.417 e. The zero-order valence-electron chi connectivity index (χ0n) is 21.3. The zero-order chi connectivity index (χ0) is 30.5. The summed E-state index contributed by atoms with van der Waals surface area (Å²) in [5.41, 5.74) is 1.62. The number of nitrogens with one attached hydrogen (secondary N) is 2. The van der Waals surface area contributed by atoms with Gasteiger partial charge in [0.1, 0.15) is 11.5 Å². The van der Waals surface area contributed by atoms with Crippen LogP contribution in [0.15, 0.2) is 88.6 Å². The number of benzene rings is 3. The Kier molecular flexibility index (Phi) is 9.40. The molecule has 1 heterocycles. The van der Waals surface area contributed by atoms with Crippen LogP contribution in [0.3, 0.4) is 0 Å². The Labute approximate surface area is 248 Å². The Bertz CT molecular complexity index is 1760. The van der Waals surface area contributed by atoms with Crippen LogP contribution in [0, 0.1) is 0 Å². The first-order valence-corrected chi connectivity index (χ1v) is 14.5. The van der Waals surface area contributed by atoms with E-state index in [0.717, 1.165) is 18.3 Å². The lowest BCUT2D eigenvalue weighted by Crippen LogP contribution is -2.21. The van der Waals surface area contributed by atoms with Gasteiger partial charge in [-0.15, -0.1) is 0 Å². The fourth-order valence-electron chi connectivity index (χ4n) is 3.79. The highest BCUT2D eigenvalue weighted by atomic mass is 35.5. The number of anilines is 1. The van der Waals surface area contributed by atoms with E-state index in [2.05, 4.69) is 15.8 Å². The molecule has 0 aliphatic rings. The van der Waals surface area contributed by atoms with Gasteiger partial charge >= 0.3 is 6.18 Å². The number of hydrazone groups is 1. The molecule has 218 valence electrons. The predicted octanol–water partition coefficient (Wildman–Crippen LogP) is 6.74. The van der Waals surface area contributed by atoms with Crippen LogP contribution in [0.5, 0.6) is 0 Å². The predicted molar refractivity (Wildman–Crippen MR) is 152 cm³/mol. The fraction of sp³-hybridized carbons (Fsp3) is 0.107. The largest absolute Gasteiger partial charge is 0.468 e. The molecule has 0 saturated carbocycles. The Morgan fingerprint density at radius 1 is 0.929 bits per heavy atom. The highest BCUT2D eigenvalue weighted by molar-refractivity contribution is 7.89. The van der Waals surface area contributed by atoms with Gasteiger partial charge in [0.2, 0.25) is 0 Å². The summed E-state index contributed by atoms with van der Waals surface area (Å²) in [6, 6.07) is 16.3. The van der Waals surface area contributed by atoms with Crippen LogP contribution in [-0.2, 0) is 27.5 Å². The molecule has 2 N–H and O–H groups in total. The Hall–Kier alpha value is -4.13. The number of carbonyl (C=O) groups excluding carboxylic acids is 2. The highest BCUT2D eigenvalue weighted by Gasteiger charge is 2.33. The molecule has 0 atom stereocenters. The van der Waals surface area contributed by atoms with Crippen LogP contribution >= 0.6 is 23.2 Å². The Balaban J connectivity index is 1.47. The molecule has 0 spiro atoms. The summed E-state index contributed by atoms with van der Waals surface area (Å²) in [5.74, 6) is -1.79. The lowest BCUT2D eigenvalue weighted by molar-refractivity contribution is -0.137. The third kappa shape index (κ3) is 8.21. The topological polar surface area (TPSA) is 118 Å². The first-order chi connectivity index (χ1) is 19.8. The average molecular weight is 638 g/mol. The molecule has 0 bridgehead atoms. The van der Waals surface area contributed by atoms with Gasteiger partial charge < -0.3 is 9.73 Å². The van der Waals surface area contributed by atoms with Crippen molar-refractivity contribution in [1.29, 1.82) is 0 Å². The molecule has 14 heteroatoms. The first kappa shape index (κ1) is 30.8. The van der Waals surface area contributed by atoms with E-state index < -0.39 is 38.4 Å². The molecule has 4 rings (SSSR count). The summed E-state index contributed by atoms with van der Waals surface area (Å²) >= 11 is 11.7. The van der Waals surface area contributed by atoms with Crippen LogP contribution in [0.25, 0.3) is 0 Å².